The minimum absolute atomic E-state index is 0.176. The first-order chi connectivity index (χ1) is 15.0. The van der Waals surface area contributed by atoms with Gasteiger partial charge >= 0.3 is 0 Å². The van der Waals surface area contributed by atoms with Crippen molar-refractivity contribution in [1.29, 1.82) is 0 Å². The average molecular weight is 447 g/mol. The van der Waals surface area contributed by atoms with Crippen molar-refractivity contribution in [1.82, 2.24) is 5.32 Å². The molecule has 4 nitrogen and oxygen atoms in total. The normalized spacial score (nSPS) is 14.6. The van der Waals surface area contributed by atoms with Gasteiger partial charge in [-0.05, 0) is 47.0 Å². The number of hydrogen-bond donors (Lipinski definition) is 1. The van der Waals surface area contributed by atoms with Gasteiger partial charge in [-0.2, -0.15) is 0 Å². The number of benzene rings is 3. The Morgan fingerprint density at radius 1 is 1.00 bits per heavy atom. The molecule has 1 heterocycles. The summed E-state index contributed by atoms with van der Waals surface area (Å²) >= 11 is 6.40. The van der Waals surface area contributed by atoms with E-state index in [1.54, 1.807) is 0 Å². The van der Waals surface area contributed by atoms with Gasteiger partial charge in [0.25, 0.3) is 5.91 Å². The first-order valence-electron chi connectivity index (χ1n) is 9.83. The summed E-state index contributed by atoms with van der Waals surface area (Å²) < 4.78 is 6.58. The largest absolute Gasteiger partial charge is 0.488 e. The molecule has 0 spiro atoms. The van der Waals surface area contributed by atoms with Gasteiger partial charge in [-0.15, -0.1) is 0 Å². The fraction of sp³-hybridized carbons (Fsp3) is 0.120. The van der Waals surface area contributed by atoms with Crippen LogP contribution in [0.3, 0.4) is 0 Å². The van der Waals surface area contributed by atoms with Gasteiger partial charge in [0.2, 0.25) is 0 Å². The number of rotatable bonds is 6. The number of nitrogens with zero attached hydrogens (tertiary/aromatic N) is 1. The van der Waals surface area contributed by atoms with E-state index in [1.807, 2.05) is 68.7 Å². The molecule has 1 fully saturated rings. The molecule has 156 valence electrons. The van der Waals surface area contributed by atoms with Gasteiger partial charge < -0.3 is 15.0 Å². The van der Waals surface area contributed by atoms with E-state index in [9.17, 15) is 4.79 Å². The van der Waals surface area contributed by atoms with Gasteiger partial charge in [0, 0.05) is 25.3 Å². The summed E-state index contributed by atoms with van der Waals surface area (Å²) in [5, 5.41) is 2.67. The van der Waals surface area contributed by atoms with Crippen LogP contribution in [0.15, 0.2) is 77.7 Å². The standard InChI is InChI=1S/C25H22N2O2S2/c1-27(2)21-11-8-18(9-12-21)19-10-13-22(29-16-17-6-4-3-5-7-17)20(14-19)15-23-24(28)26-25(30)31-23/h3-15H,16H2,1-2H3,(H,26,28,30)/b23-15-. The first-order valence-corrected chi connectivity index (χ1v) is 11.1. The van der Waals surface area contributed by atoms with Crippen LogP contribution in [0.2, 0.25) is 0 Å². The number of thioether (sulfide) groups is 1. The van der Waals surface area contributed by atoms with Crippen LogP contribution in [0.1, 0.15) is 11.1 Å². The molecule has 1 amide bonds. The van der Waals surface area contributed by atoms with Crippen LogP contribution >= 0.6 is 24.0 Å². The third-order valence-corrected chi connectivity index (χ3v) is 6.06. The SMILES string of the molecule is CN(C)c1ccc(-c2ccc(OCc3ccccc3)c(/C=C3\SC(=S)NC3=O)c2)cc1. The van der Waals surface area contributed by atoms with Gasteiger partial charge in [-0.25, -0.2) is 0 Å². The zero-order chi connectivity index (χ0) is 21.8. The van der Waals surface area contributed by atoms with Crippen LogP contribution in [0, 0.1) is 0 Å². The molecule has 1 N–H and O–H groups in total. The van der Waals surface area contributed by atoms with E-state index in [4.69, 9.17) is 17.0 Å². The van der Waals surface area contributed by atoms with Crippen molar-refractivity contribution >= 4 is 46.0 Å². The quantitative estimate of drug-likeness (QED) is 0.401. The lowest BCUT2D eigenvalue weighted by Crippen LogP contribution is -2.17. The fourth-order valence-corrected chi connectivity index (χ4v) is 4.26. The lowest BCUT2D eigenvalue weighted by molar-refractivity contribution is -0.115. The van der Waals surface area contributed by atoms with E-state index in [0.717, 1.165) is 33.7 Å². The summed E-state index contributed by atoms with van der Waals surface area (Å²) in [5.74, 6) is 0.543. The Morgan fingerprint density at radius 2 is 1.71 bits per heavy atom. The number of hydrogen-bond acceptors (Lipinski definition) is 5. The second-order valence-electron chi connectivity index (χ2n) is 7.32. The Hall–Kier alpha value is -3.09. The average Bonchev–Trinajstić information content (AvgIpc) is 3.10. The predicted octanol–water partition coefficient (Wildman–Crippen LogP) is 5.49. The van der Waals surface area contributed by atoms with Crippen molar-refractivity contribution in [3.05, 3.63) is 88.8 Å². The van der Waals surface area contributed by atoms with Gasteiger partial charge in [-0.1, -0.05) is 72.5 Å². The van der Waals surface area contributed by atoms with Crippen LogP contribution in [-0.4, -0.2) is 24.3 Å². The number of carbonyl (C=O) groups is 1. The fourth-order valence-electron chi connectivity index (χ4n) is 3.22. The Labute approximate surface area is 191 Å². The zero-order valence-corrected chi connectivity index (χ0v) is 18.9. The van der Waals surface area contributed by atoms with Crippen LogP contribution in [0.4, 0.5) is 5.69 Å². The Kier molecular flexibility index (Phi) is 6.39. The highest BCUT2D eigenvalue weighted by Crippen LogP contribution is 2.33. The molecule has 1 aliphatic rings. The van der Waals surface area contributed by atoms with Crippen molar-refractivity contribution in [3.8, 4) is 16.9 Å². The summed E-state index contributed by atoms with van der Waals surface area (Å²) in [5.41, 5.74) is 5.21. The molecule has 0 aromatic heterocycles. The molecule has 0 radical (unpaired) electrons. The van der Waals surface area contributed by atoms with Gasteiger partial charge in [0.05, 0.1) is 4.91 Å². The molecule has 6 heteroatoms. The van der Waals surface area contributed by atoms with Gasteiger partial charge in [0.1, 0.15) is 16.7 Å². The molecule has 3 aromatic rings. The molecule has 1 aliphatic heterocycles. The number of carbonyl (C=O) groups excluding carboxylic acids is 1. The van der Waals surface area contributed by atoms with E-state index in [2.05, 4.69) is 34.5 Å². The third kappa shape index (κ3) is 5.16. The summed E-state index contributed by atoms with van der Waals surface area (Å²) in [4.78, 5) is 14.8. The molecular weight excluding hydrogens is 424 g/mol. The van der Waals surface area contributed by atoms with Crippen LogP contribution in [0.25, 0.3) is 17.2 Å². The van der Waals surface area contributed by atoms with E-state index in [1.165, 1.54) is 11.8 Å². The molecule has 3 aromatic carbocycles. The molecule has 0 saturated carbocycles. The third-order valence-electron chi connectivity index (χ3n) is 4.89. The van der Waals surface area contributed by atoms with Gasteiger partial charge in [-0.3, -0.25) is 4.79 Å². The van der Waals surface area contributed by atoms with E-state index >= 15 is 0 Å². The highest BCUT2D eigenvalue weighted by Gasteiger charge is 2.22. The molecule has 0 bridgehead atoms. The summed E-state index contributed by atoms with van der Waals surface area (Å²) in [6, 6.07) is 24.4. The van der Waals surface area contributed by atoms with Crippen LogP contribution in [0.5, 0.6) is 5.75 Å². The lowest BCUT2D eigenvalue weighted by Gasteiger charge is -2.14. The summed E-state index contributed by atoms with van der Waals surface area (Å²) in [6.45, 7) is 0.450. The Bertz CT molecular complexity index is 1140. The molecule has 0 aliphatic carbocycles. The summed E-state index contributed by atoms with van der Waals surface area (Å²) in [6.07, 6.45) is 1.84. The maximum atomic E-state index is 12.2. The maximum Gasteiger partial charge on any atom is 0.263 e. The molecule has 1 saturated heterocycles. The molecule has 31 heavy (non-hydrogen) atoms. The number of thiocarbonyl (C=S) groups is 1. The lowest BCUT2D eigenvalue weighted by atomic mass is 10.0. The predicted molar refractivity (Wildman–Crippen MR) is 133 cm³/mol. The molecular formula is C25H22N2O2S2. The van der Waals surface area contributed by atoms with E-state index in [0.29, 0.717) is 15.8 Å². The minimum Gasteiger partial charge on any atom is -0.488 e. The smallest absolute Gasteiger partial charge is 0.263 e. The highest BCUT2D eigenvalue weighted by atomic mass is 32.2. The van der Waals surface area contributed by atoms with Crippen LogP contribution < -0.4 is 15.0 Å². The monoisotopic (exact) mass is 446 g/mol. The number of nitrogens with one attached hydrogen (secondary N) is 1. The van der Waals surface area contributed by atoms with Gasteiger partial charge in [0.15, 0.2) is 0 Å². The molecule has 0 unspecified atom stereocenters. The molecule has 0 atom stereocenters. The van der Waals surface area contributed by atoms with Crippen molar-refractivity contribution in [3.63, 3.8) is 0 Å². The Balaban J connectivity index is 1.68. The Morgan fingerprint density at radius 3 is 2.35 bits per heavy atom. The summed E-state index contributed by atoms with van der Waals surface area (Å²) in [7, 11) is 4.04. The topological polar surface area (TPSA) is 41.6 Å². The molecule has 4 rings (SSSR count). The zero-order valence-electron chi connectivity index (χ0n) is 17.3. The van der Waals surface area contributed by atoms with Crippen molar-refractivity contribution in [2.24, 2.45) is 0 Å². The first kappa shape index (κ1) is 21.2. The second-order valence-corrected chi connectivity index (χ2v) is 9.04. The van der Waals surface area contributed by atoms with Crippen molar-refractivity contribution < 1.29 is 9.53 Å². The number of ether oxygens (including phenoxy) is 1. The minimum atomic E-state index is -0.176. The second kappa shape index (κ2) is 9.37. The van der Waals surface area contributed by atoms with E-state index in [-0.39, 0.29) is 5.91 Å². The van der Waals surface area contributed by atoms with Crippen molar-refractivity contribution in [2.45, 2.75) is 6.61 Å². The van der Waals surface area contributed by atoms with Crippen molar-refractivity contribution in [2.75, 3.05) is 19.0 Å². The maximum absolute atomic E-state index is 12.2. The number of anilines is 1. The number of amides is 1. The van der Waals surface area contributed by atoms with E-state index < -0.39 is 0 Å². The van der Waals surface area contributed by atoms with Crippen LogP contribution in [-0.2, 0) is 11.4 Å². The highest BCUT2D eigenvalue weighted by molar-refractivity contribution is 8.26.